The standard InChI is InChI=1S/C48H76N10O18/c1-2-3-4-5-6-7-8-9-10-11-12-27(61)18-15-26-19-33(64)51-21-34(65)53-31(24-60)48(76)58-22-29(63)20-32(58)44(72)54-30(23-59)43(71)55-35(38(66)25-13-16-28(62)17-14-25)46(74)57-37(40(68)42(50)70)47(75)56-36(45(73)52-26)39(67)41(49)69/h13-14,16-17,26-27,29-32,35-40,59-63,66-68H,2-12,15,18-24H2,1H3,(H2,49,69)(H2,50,70)(H,51,64)(H,52,73)(H,53,65)(H,54,72)(H,55,71)(H,56,75)(H,57,74). The molecule has 12 unspecified atom stereocenters. The number of amides is 10. The van der Waals surface area contributed by atoms with Crippen molar-refractivity contribution in [3.63, 3.8) is 0 Å². The van der Waals surface area contributed by atoms with E-state index < -0.39 is 171 Å². The number of phenols is 1. The molecule has 2 saturated heterocycles. The Morgan fingerprint density at radius 1 is 0.632 bits per heavy atom. The van der Waals surface area contributed by atoms with Crippen molar-refractivity contribution in [3.8, 4) is 5.75 Å². The zero-order valence-electron chi connectivity index (χ0n) is 42.4. The van der Waals surface area contributed by atoms with Crippen molar-refractivity contribution in [1.82, 2.24) is 42.1 Å². The quantitative estimate of drug-likeness (QED) is 0.0481. The highest BCUT2D eigenvalue weighted by atomic mass is 16.3. The van der Waals surface area contributed by atoms with Crippen LogP contribution in [0.15, 0.2) is 24.3 Å². The molecule has 2 aliphatic rings. The molecule has 3 rings (SSSR count). The van der Waals surface area contributed by atoms with Crippen LogP contribution >= 0.6 is 0 Å². The zero-order chi connectivity index (χ0) is 56.6. The van der Waals surface area contributed by atoms with Crippen LogP contribution in [0, 0.1) is 0 Å². The van der Waals surface area contributed by atoms with Crippen LogP contribution in [0.4, 0.5) is 0 Å². The molecule has 28 heteroatoms. The van der Waals surface area contributed by atoms with E-state index in [2.05, 4.69) is 33.5 Å². The monoisotopic (exact) mass is 1080 g/mol. The maximum Gasteiger partial charge on any atom is 0.248 e. The Hall–Kier alpha value is -6.56. The molecule has 19 N–H and O–H groups in total. The van der Waals surface area contributed by atoms with Gasteiger partial charge in [-0.05, 0) is 37.0 Å². The van der Waals surface area contributed by atoms with Crippen LogP contribution in [-0.2, 0) is 47.9 Å². The summed E-state index contributed by atoms with van der Waals surface area (Å²) in [4.78, 5) is 136. The average molecular weight is 1080 g/mol. The van der Waals surface area contributed by atoms with E-state index in [1.54, 1.807) is 0 Å². The van der Waals surface area contributed by atoms with E-state index in [4.69, 9.17) is 11.5 Å². The van der Waals surface area contributed by atoms with Gasteiger partial charge in [0, 0.05) is 25.4 Å². The number of aliphatic hydroxyl groups is 7. The lowest BCUT2D eigenvalue weighted by atomic mass is 9.99. The Kier molecular flexibility index (Phi) is 26.9. The Balaban J connectivity index is 2.05. The molecular weight excluding hydrogens is 1000 g/mol. The normalized spacial score (nSPS) is 25.6. The van der Waals surface area contributed by atoms with Crippen LogP contribution in [0.25, 0.3) is 0 Å². The van der Waals surface area contributed by atoms with E-state index in [0.717, 1.165) is 67.7 Å². The van der Waals surface area contributed by atoms with Crippen LogP contribution in [0.5, 0.6) is 5.75 Å². The van der Waals surface area contributed by atoms with Crippen LogP contribution in [0.3, 0.4) is 0 Å². The highest BCUT2D eigenvalue weighted by Gasteiger charge is 2.44. The molecule has 12 atom stereocenters. The van der Waals surface area contributed by atoms with E-state index in [1.165, 1.54) is 19.3 Å². The van der Waals surface area contributed by atoms with Crippen molar-refractivity contribution in [2.24, 2.45) is 11.5 Å². The number of carbonyl (C=O) groups is 10. The van der Waals surface area contributed by atoms with Crippen LogP contribution < -0.4 is 48.7 Å². The number of benzene rings is 1. The van der Waals surface area contributed by atoms with Crippen molar-refractivity contribution >= 4 is 59.1 Å². The Morgan fingerprint density at radius 3 is 1.68 bits per heavy atom. The summed E-state index contributed by atoms with van der Waals surface area (Å²) in [7, 11) is 0. The molecule has 0 bridgehead atoms. The van der Waals surface area contributed by atoms with Gasteiger partial charge in [0.25, 0.3) is 0 Å². The van der Waals surface area contributed by atoms with E-state index in [-0.39, 0.29) is 24.2 Å². The fourth-order valence-corrected chi connectivity index (χ4v) is 8.59. The summed E-state index contributed by atoms with van der Waals surface area (Å²) in [5.41, 5.74) is 10.4. The third-order valence-electron chi connectivity index (χ3n) is 13.0. The number of hydrogen-bond donors (Lipinski definition) is 17. The molecule has 0 aliphatic carbocycles. The minimum Gasteiger partial charge on any atom is -0.508 e. The number of rotatable bonds is 22. The first kappa shape index (κ1) is 63.7. The van der Waals surface area contributed by atoms with Gasteiger partial charge in [0.05, 0.1) is 32.0 Å². The maximum atomic E-state index is 14.2. The first-order chi connectivity index (χ1) is 36.0. The number of phenolic OH excluding ortho intramolecular Hbond substituents is 1. The molecule has 76 heavy (non-hydrogen) atoms. The number of unbranched alkanes of at least 4 members (excludes halogenated alkanes) is 9. The highest BCUT2D eigenvalue weighted by Crippen LogP contribution is 2.23. The first-order valence-electron chi connectivity index (χ1n) is 25.4. The lowest BCUT2D eigenvalue weighted by Gasteiger charge is -2.31. The summed E-state index contributed by atoms with van der Waals surface area (Å²) in [6, 6.07) is -9.79. The van der Waals surface area contributed by atoms with E-state index >= 15 is 0 Å². The molecular formula is C48H76N10O18. The van der Waals surface area contributed by atoms with Crippen LogP contribution in [0.2, 0.25) is 0 Å². The number of aliphatic hydroxyl groups excluding tert-OH is 7. The predicted octanol–water partition coefficient (Wildman–Crippen LogP) is -6.05. The van der Waals surface area contributed by atoms with Gasteiger partial charge in [0.2, 0.25) is 59.1 Å². The summed E-state index contributed by atoms with van der Waals surface area (Å²) in [5.74, 6) is -14.1. The summed E-state index contributed by atoms with van der Waals surface area (Å²) in [5, 5.41) is 99.9. The van der Waals surface area contributed by atoms with E-state index in [1.807, 2.05) is 10.6 Å². The van der Waals surface area contributed by atoms with Gasteiger partial charge in [-0.3, -0.25) is 47.9 Å². The van der Waals surface area contributed by atoms with Crippen molar-refractivity contribution in [1.29, 1.82) is 0 Å². The van der Waals surface area contributed by atoms with Gasteiger partial charge in [0.1, 0.15) is 48.1 Å². The van der Waals surface area contributed by atoms with Gasteiger partial charge in [-0.25, -0.2) is 0 Å². The summed E-state index contributed by atoms with van der Waals surface area (Å²) in [6.45, 7) is -1.52. The topological polar surface area (TPSA) is 472 Å². The summed E-state index contributed by atoms with van der Waals surface area (Å²) >= 11 is 0. The van der Waals surface area contributed by atoms with Gasteiger partial charge in [-0.1, -0.05) is 83.3 Å². The number of hydrogen-bond acceptors (Lipinski definition) is 18. The number of nitrogens with two attached hydrogens (primary N) is 2. The average Bonchev–Trinajstić information content (AvgIpc) is 3.78. The van der Waals surface area contributed by atoms with Crippen molar-refractivity contribution in [2.75, 3.05) is 26.3 Å². The largest absolute Gasteiger partial charge is 0.508 e. The Labute approximate surface area is 438 Å². The summed E-state index contributed by atoms with van der Waals surface area (Å²) < 4.78 is 0. The van der Waals surface area contributed by atoms with Crippen molar-refractivity contribution in [2.45, 2.75) is 176 Å². The second-order valence-electron chi connectivity index (χ2n) is 19.0. The smallest absolute Gasteiger partial charge is 0.248 e. The first-order valence-corrected chi connectivity index (χ1v) is 25.4. The third kappa shape index (κ3) is 20.2. The molecule has 0 aromatic heterocycles. The second-order valence-corrected chi connectivity index (χ2v) is 19.0. The number of primary amides is 2. The molecule has 426 valence electrons. The predicted molar refractivity (Wildman–Crippen MR) is 265 cm³/mol. The van der Waals surface area contributed by atoms with Gasteiger partial charge < -0.3 is 94.4 Å². The molecule has 0 saturated carbocycles. The lowest BCUT2D eigenvalue weighted by molar-refractivity contribution is -0.144. The molecule has 10 amide bonds. The minimum absolute atomic E-state index is 0.0400. The fraction of sp³-hybridized carbons (Fsp3) is 0.667. The van der Waals surface area contributed by atoms with Gasteiger partial charge in [-0.2, -0.15) is 0 Å². The number of aromatic hydroxyl groups is 1. The third-order valence-corrected chi connectivity index (χ3v) is 13.0. The molecule has 0 radical (unpaired) electrons. The number of nitrogens with zero attached hydrogens (tertiary/aromatic N) is 1. The lowest BCUT2D eigenvalue weighted by Crippen LogP contribution is -2.66. The maximum absolute atomic E-state index is 14.2. The van der Waals surface area contributed by atoms with Gasteiger partial charge in [0.15, 0.2) is 12.2 Å². The zero-order valence-corrected chi connectivity index (χ0v) is 42.4. The molecule has 2 aliphatic heterocycles. The number of nitrogens with one attached hydrogen (secondary N) is 7. The molecule has 0 spiro atoms. The minimum atomic E-state index is -2.71. The number of fused-ring (bicyclic) bond motifs is 1. The fourth-order valence-electron chi connectivity index (χ4n) is 8.59. The van der Waals surface area contributed by atoms with E-state index in [9.17, 15) is 88.8 Å². The molecule has 2 fully saturated rings. The van der Waals surface area contributed by atoms with Gasteiger partial charge in [-0.15, -0.1) is 0 Å². The van der Waals surface area contributed by atoms with Crippen LogP contribution in [0.1, 0.15) is 115 Å². The Bertz CT molecular complexity index is 2140. The van der Waals surface area contributed by atoms with Crippen molar-refractivity contribution < 1.29 is 88.8 Å². The molecule has 1 aromatic rings. The number of carbonyl (C=O) groups excluding carboxylic acids is 10. The summed E-state index contributed by atoms with van der Waals surface area (Å²) in [6.07, 6.45) is -0.426. The van der Waals surface area contributed by atoms with Gasteiger partial charge >= 0.3 is 0 Å². The molecule has 28 nitrogen and oxygen atoms in total. The Morgan fingerprint density at radius 2 is 1.14 bits per heavy atom. The molecule has 2 heterocycles. The van der Waals surface area contributed by atoms with Crippen LogP contribution in [-0.4, -0.2) is 198 Å². The highest BCUT2D eigenvalue weighted by molar-refractivity contribution is 6.01. The van der Waals surface area contributed by atoms with E-state index in [0.29, 0.717) is 12.8 Å². The SMILES string of the molecule is CCCCCCCCCCCCC(O)CCC1CC(=O)NCC(=O)NC(CO)C(=O)N2CC(O)CC2C(=O)NC(CO)C(=O)NC(C(O)c2ccc(O)cc2)C(=O)NC(C(O)C(N)=O)C(=O)NC(C(O)C(N)=O)C(=O)N1. The molecule has 1 aromatic carbocycles. The second kappa shape index (κ2) is 32.1. The van der Waals surface area contributed by atoms with Crippen molar-refractivity contribution in [3.05, 3.63) is 29.8 Å².